The van der Waals surface area contributed by atoms with Crippen LogP contribution in [0.1, 0.15) is 24.2 Å². The van der Waals surface area contributed by atoms with Crippen molar-refractivity contribution < 1.29 is 23.8 Å². The van der Waals surface area contributed by atoms with Gasteiger partial charge in [-0.05, 0) is 56.3 Å². The molecule has 1 unspecified atom stereocenters. The third-order valence-electron chi connectivity index (χ3n) is 3.38. The molecule has 0 aliphatic carbocycles. The van der Waals surface area contributed by atoms with E-state index in [9.17, 15) is 9.59 Å². The lowest BCUT2D eigenvalue weighted by molar-refractivity contribution is -0.122. The van der Waals surface area contributed by atoms with Crippen LogP contribution in [0.15, 0.2) is 48.5 Å². The van der Waals surface area contributed by atoms with Crippen LogP contribution in [-0.4, -0.2) is 31.7 Å². The quantitative estimate of drug-likeness (QED) is 0.781. The van der Waals surface area contributed by atoms with Gasteiger partial charge in [0.05, 0.1) is 19.3 Å². The summed E-state index contributed by atoms with van der Waals surface area (Å²) in [6, 6.07) is 13.5. The lowest BCUT2D eigenvalue weighted by atomic mass is 10.2. The van der Waals surface area contributed by atoms with Gasteiger partial charge in [0.25, 0.3) is 5.91 Å². The predicted molar refractivity (Wildman–Crippen MR) is 94.1 cm³/mol. The number of hydrogen-bond donors (Lipinski definition) is 1. The second-order valence-electron chi connectivity index (χ2n) is 5.23. The molecule has 0 aliphatic rings. The molecule has 2 aromatic carbocycles. The topological polar surface area (TPSA) is 73.9 Å². The summed E-state index contributed by atoms with van der Waals surface area (Å²) < 4.78 is 15.6. The van der Waals surface area contributed by atoms with Crippen molar-refractivity contribution in [2.45, 2.75) is 20.0 Å². The summed E-state index contributed by atoms with van der Waals surface area (Å²) in [6.07, 6.45) is -0.709. The fourth-order valence-corrected chi connectivity index (χ4v) is 2.09. The zero-order chi connectivity index (χ0) is 18.2. The van der Waals surface area contributed by atoms with E-state index in [1.165, 1.54) is 0 Å². The molecular formula is C19H21NO5. The number of nitrogens with one attached hydrogen (secondary N) is 1. The van der Waals surface area contributed by atoms with E-state index in [0.717, 1.165) is 0 Å². The number of carbonyl (C=O) groups is 2. The molecular weight excluding hydrogens is 322 g/mol. The predicted octanol–water partition coefficient (Wildman–Crippen LogP) is 3.28. The fraction of sp³-hybridized carbons (Fsp3) is 0.263. The van der Waals surface area contributed by atoms with Crippen LogP contribution in [0.4, 0.5) is 5.69 Å². The minimum Gasteiger partial charge on any atom is -0.497 e. The highest BCUT2D eigenvalue weighted by Gasteiger charge is 2.16. The second kappa shape index (κ2) is 8.73. The van der Waals surface area contributed by atoms with Crippen LogP contribution in [0.25, 0.3) is 0 Å². The molecule has 2 aromatic rings. The molecule has 0 heterocycles. The molecule has 132 valence electrons. The van der Waals surface area contributed by atoms with Gasteiger partial charge in [-0.2, -0.15) is 0 Å². The van der Waals surface area contributed by atoms with E-state index in [-0.39, 0.29) is 5.91 Å². The van der Waals surface area contributed by atoms with Crippen LogP contribution in [0.5, 0.6) is 11.5 Å². The van der Waals surface area contributed by atoms with E-state index in [2.05, 4.69) is 5.32 Å². The Balaban J connectivity index is 1.98. The summed E-state index contributed by atoms with van der Waals surface area (Å²) >= 11 is 0. The summed E-state index contributed by atoms with van der Waals surface area (Å²) in [6.45, 7) is 3.68. The van der Waals surface area contributed by atoms with Crippen molar-refractivity contribution in [1.82, 2.24) is 0 Å². The maximum absolute atomic E-state index is 12.3. The van der Waals surface area contributed by atoms with Crippen LogP contribution < -0.4 is 14.8 Å². The first-order valence-electron chi connectivity index (χ1n) is 7.92. The molecule has 6 nitrogen and oxygen atoms in total. The molecule has 1 N–H and O–H groups in total. The van der Waals surface area contributed by atoms with Crippen molar-refractivity contribution in [3.8, 4) is 11.5 Å². The molecule has 0 aromatic heterocycles. The zero-order valence-corrected chi connectivity index (χ0v) is 14.4. The monoisotopic (exact) mass is 343 g/mol. The minimum atomic E-state index is -0.709. The summed E-state index contributed by atoms with van der Waals surface area (Å²) in [5.74, 6) is 0.516. The number of benzene rings is 2. The second-order valence-corrected chi connectivity index (χ2v) is 5.23. The summed E-state index contributed by atoms with van der Waals surface area (Å²) in [4.78, 5) is 24.0. The van der Waals surface area contributed by atoms with Crippen LogP contribution in [0, 0.1) is 0 Å². The number of ether oxygens (including phenoxy) is 3. The Morgan fingerprint density at radius 3 is 2.40 bits per heavy atom. The Morgan fingerprint density at radius 1 is 1.08 bits per heavy atom. The van der Waals surface area contributed by atoms with E-state index in [1.807, 2.05) is 0 Å². The van der Waals surface area contributed by atoms with Gasteiger partial charge in [0.1, 0.15) is 11.5 Å². The van der Waals surface area contributed by atoms with Gasteiger partial charge in [-0.1, -0.05) is 6.07 Å². The molecule has 0 saturated carbocycles. The molecule has 0 saturated heterocycles. The highest BCUT2D eigenvalue weighted by Crippen LogP contribution is 2.19. The largest absolute Gasteiger partial charge is 0.497 e. The lowest BCUT2D eigenvalue weighted by Crippen LogP contribution is -2.30. The van der Waals surface area contributed by atoms with Gasteiger partial charge in [-0.15, -0.1) is 0 Å². The van der Waals surface area contributed by atoms with Crippen molar-refractivity contribution in [3.05, 3.63) is 54.1 Å². The molecule has 6 heteroatoms. The Labute approximate surface area is 146 Å². The van der Waals surface area contributed by atoms with E-state index >= 15 is 0 Å². The first-order valence-corrected chi connectivity index (χ1v) is 7.92. The van der Waals surface area contributed by atoms with Gasteiger partial charge < -0.3 is 19.5 Å². The van der Waals surface area contributed by atoms with Crippen LogP contribution >= 0.6 is 0 Å². The normalized spacial score (nSPS) is 11.3. The Bertz CT molecular complexity index is 727. The molecule has 0 radical (unpaired) electrons. The molecule has 1 atom stereocenters. The highest BCUT2D eigenvalue weighted by atomic mass is 16.5. The number of amides is 1. The molecule has 0 bridgehead atoms. The third-order valence-corrected chi connectivity index (χ3v) is 3.38. The van der Waals surface area contributed by atoms with Crippen molar-refractivity contribution in [1.29, 1.82) is 0 Å². The van der Waals surface area contributed by atoms with Crippen molar-refractivity contribution in [2.75, 3.05) is 19.0 Å². The number of carbonyl (C=O) groups excluding carboxylic acids is 2. The van der Waals surface area contributed by atoms with Gasteiger partial charge in [-0.25, -0.2) is 4.79 Å². The summed E-state index contributed by atoms with van der Waals surface area (Å²) in [5, 5.41) is 2.73. The average Bonchev–Trinajstić information content (AvgIpc) is 2.62. The van der Waals surface area contributed by atoms with Crippen molar-refractivity contribution >= 4 is 17.6 Å². The molecule has 0 spiro atoms. The van der Waals surface area contributed by atoms with E-state index in [0.29, 0.717) is 29.4 Å². The lowest BCUT2D eigenvalue weighted by Gasteiger charge is -2.15. The number of hydrogen-bond acceptors (Lipinski definition) is 5. The minimum absolute atomic E-state index is 0.294. The first-order chi connectivity index (χ1) is 12.0. The van der Waals surface area contributed by atoms with E-state index in [1.54, 1.807) is 69.5 Å². The van der Waals surface area contributed by atoms with Gasteiger partial charge in [0.2, 0.25) is 0 Å². The number of esters is 1. The highest BCUT2D eigenvalue weighted by molar-refractivity contribution is 5.96. The van der Waals surface area contributed by atoms with Gasteiger partial charge >= 0.3 is 5.97 Å². The van der Waals surface area contributed by atoms with Crippen LogP contribution in [0.3, 0.4) is 0 Å². The molecule has 2 rings (SSSR count). The van der Waals surface area contributed by atoms with Crippen molar-refractivity contribution in [3.63, 3.8) is 0 Å². The van der Waals surface area contributed by atoms with Gasteiger partial charge in [0.15, 0.2) is 6.10 Å². The van der Waals surface area contributed by atoms with Crippen LogP contribution in [0.2, 0.25) is 0 Å². The van der Waals surface area contributed by atoms with E-state index in [4.69, 9.17) is 14.2 Å². The average molecular weight is 343 g/mol. The molecule has 0 aliphatic heterocycles. The van der Waals surface area contributed by atoms with Gasteiger partial charge in [-0.3, -0.25) is 4.79 Å². The molecule has 0 fully saturated rings. The number of methoxy groups -OCH3 is 1. The molecule has 1 amide bonds. The zero-order valence-electron chi connectivity index (χ0n) is 14.4. The Hall–Kier alpha value is -3.02. The first kappa shape index (κ1) is 18.3. The summed E-state index contributed by atoms with van der Waals surface area (Å²) in [7, 11) is 1.58. The van der Waals surface area contributed by atoms with Crippen molar-refractivity contribution in [2.24, 2.45) is 0 Å². The third kappa shape index (κ3) is 5.24. The van der Waals surface area contributed by atoms with Crippen LogP contribution in [-0.2, 0) is 9.53 Å². The Morgan fingerprint density at radius 2 is 1.76 bits per heavy atom. The standard InChI is InChI=1S/C19H21NO5/c1-4-24-19(22)14-6-5-7-15(12-14)20-18(21)13(2)25-17-10-8-16(23-3)9-11-17/h5-13H,4H2,1-3H3,(H,20,21). The maximum Gasteiger partial charge on any atom is 0.338 e. The van der Waals surface area contributed by atoms with Gasteiger partial charge in [0, 0.05) is 5.69 Å². The molecule has 25 heavy (non-hydrogen) atoms. The van der Waals surface area contributed by atoms with E-state index < -0.39 is 12.1 Å². The maximum atomic E-state index is 12.3. The number of rotatable bonds is 7. The number of anilines is 1. The Kier molecular flexibility index (Phi) is 6.39. The fourth-order valence-electron chi connectivity index (χ4n) is 2.09. The SMILES string of the molecule is CCOC(=O)c1cccc(NC(=O)C(C)Oc2ccc(OC)cc2)c1. The summed E-state index contributed by atoms with van der Waals surface area (Å²) in [5.41, 5.74) is 0.879. The smallest absolute Gasteiger partial charge is 0.338 e.